The highest BCUT2D eigenvalue weighted by Gasteiger charge is 2.21. The molecule has 6 rings (SSSR count). The van der Waals surface area contributed by atoms with Gasteiger partial charge in [0.05, 0.1) is 11.2 Å². The molecule has 0 bridgehead atoms. The molecule has 3 N–H and O–H groups in total. The number of benzene rings is 1. The van der Waals surface area contributed by atoms with Gasteiger partial charge >= 0.3 is 0 Å². The molecule has 2 fully saturated rings. The van der Waals surface area contributed by atoms with E-state index < -0.39 is 0 Å². The normalized spacial score (nSPS) is 16.8. The third-order valence-corrected chi connectivity index (χ3v) is 8.25. The molecule has 39 heavy (non-hydrogen) atoms. The van der Waals surface area contributed by atoms with Gasteiger partial charge in [0.1, 0.15) is 11.4 Å². The molecule has 0 radical (unpaired) electrons. The minimum atomic E-state index is 0.779. The summed E-state index contributed by atoms with van der Waals surface area (Å²) >= 11 is 0. The predicted octanol–water partition coefficient (Wildman–Crippen LogP) is 6.62. The first-order valence-electron chi connectivity index (χ1n) is 14.5. The maximum absolute atomic E-state index is 5.06. The molecule has 1 aliphatic heterocycles. The van der Waals surface area contributed by atoms with Gasteiger partial charge in [0, 0.05) is 48.7 Å². The van der Waals surface area contributed by atoms with Crippen molar-refractivity contribution in [2.75, 3.05) is 19.6 Å². The van der Waals surface area contributed by atoms with E-state index in [1.807, 2.05) is 18.5 Å². The number of piperidine rings is 1. The molecule has 1 saturated carbocycles. The molecular weight excluding hydrogens is 482 g/mol. The van der Waals surface area contributed by atoms with Crippen LogP contribution in [0.15, 0.2) is 55.4 Å². The first kappa shape index (κ1) is 25.6. The van der Waals surface area contributed by atoms with Gasteiger partial charge in [-0.15, -0.1) is 0 Å². The van der Waals surface area contributed by atoms with Crippen LogP contribution >= 0.6 is 0 Å². The van der Waals surface area contributed by atoms with Gasteiger partial charge in [0.2, 0.25) is 0 Å². The number of hydrogen-bond donors (Lipinski definition) is 3. The van der Waals surface area contributed by atoms with Crippen LogP contribution in [-0.2, 0) is 6.54 Å². The Morgan fingerprint density at radius 2 is 1.92 bits per heavy atom. The maximum atomic E-state index is 5.06. The van der Waals surface area contributed by atoms with E-state index in [-0.39, 0.29) is 0 Å². The lowest BCUT2D eigenvalue weighted by Crippen LogP contribution is -2.28. The summed E-state index contributed by atoms with van der Waals surface area (Å²) in [6, 6.07) is 8.68. The van der Waals surface area contributed by atoms with E-state index in [9.17, 15) is 0 Å². The lowest BCUT2D eigenvalue weighted by atomic mass is 10.0. The highest BCUT2D eigenvalue weighted by atomic mass is 15.2. The van der Waals surface area contributed by atoms with Crippen LogP contribution < -0.4 is 5.32 Å². The van der Waals surface area contributed by atoms with Crippen LogP contribution in [-0.4, -0.2) is 49.7 Å². The summed E-state index contributed by atoms with van der Waals surface area (Å²) in [7, 11) is 0. The Morgan fingerprint density at radius 3 is 2.74 bits per heavy atom. The summed E-state index contributed by atoms with van der Waals surface area (Å²) in [4.78, 5) is 15.6. The third-order valence-electron chi connectivity index (χ3n) is 8.25. The fourth-order valence-corrected chi connectivity index (χ4v) is 6.15. The number of aromatic amines is 2. The summed E-state index contributed by atoms with van der Waals surface area (Å²) in [5.41, 5.74) is 8.42. The molecule has 2 aliphatic rings. The van der Waals surface area contributed by atoms with Gasteiger partial charge in [-0.3, -0.25) is 10.1 Å². The summed E-state index contributed by atoms with van der Waals surface area (Å²) in [6.07, 6.45) is 17.1. The molecule has 7 nitrogen and oxygen atoms in total. The molecule has 0 amide bonds. The summed E-state index contributed by atoms with van der Waals surface area (Å²) in [6.45, 7) is 10.1. The number of allylic oxidation sites excluding steroid dienone is 2. The molecule has 1 aliphatic carbocycles. The van der Waals surface area contributed by atoms with Crippen LogP contribution in [0.2, 0.25) is 0 Å². The van der Waals surface area contributed by atoms with E-state index in [1.54, 1.807) is 0 Å². The molecule has 1 saturated heterocycles. The van der Waals surface area contributed by atoms with Crippen molar-refractivity contribution >= 4 is 16.6 Å². The average molecular weight is 522 g/mol. The van der Waals surface area contributed by atoms with E-state index in [0.717, 1.165) is 82.7 Å². The number of nitrogens with zero attached hydrogens (tertiary/aromatic N) is 4. The van der Waals surface area contributed by atoms with E-state index in [1.165, 1.54) is 50.5 Å². The van der Waals surface area contributed by atoms with Gasteiger partial charge < -0.3 is 15.2 Å². The number of aromatic nitrogens is 5. The van der Waals surface area contributed by atoms with Crippen molar-refractivity contribution in [3.05, 3.63) is 72.3 Å². The van der Waals surface area contributed by atoms with E-state index in [0.29, 0.717) is 0 Å². The van der Waals surface area contributed by atoms with Gasteiger partial charge in [0.15, 0.2) is 5.82 Å². The Balaban J connectivity index is 1.26. The second-order valence-electron chi connectivity index (χ2n) is 11.1. The fraction of sp³-hybridized carbons (Fsp3) is 0.406. The monoisotopic (exact) mass is 521 g/mol. The van der Waals surface area contributed by atoms with Crippen LogP contribution in [0, 0.1) is 12.8 Å². The summed E-state index contributed by atoms with van der Waals surface area (Å²) in [5, 5.41) is 12.6. The zero-order valence-electron chi connectivity index (χ0n) is 23.0. The third kappa shape index (κ3) is 5.55. The SMILES string of the molecule is C=C/C=C(\c1nc(-c2n[nH]c3ccc(-c4cncc(CNCC5CCCC5)c4)cc23)[nH]c1C)N1CCCCC1. The van der Waals surface area contributed by atoms with Crippen molar-refractivity contribution in [3.8, 4) is 22.6 Å². The minimum Gasteiger partial charge on any atom is -0.370 e. The number of aryl methyl sites for hydroxylation is 1. The molecule has 4 aromatic rings. The minimum absolute atomic E-state index is 0.779. The maximum Gasteiger partial charge on any atom is 0.159 e. The van der Waals surface area contributed by atoms with Crippen molar-refractivity contribution in [3.63, 3.8) is 0 Å². The molecule has 1 aromatic carbocycles. The predicted molar refractivity (Wildman–Crippen MR) is 159 cm³/mol. The molecule has 202 valence electrons. The Labute approximate surface area is 230 Å². The van der Waals surface area contributed by atoms with Crippen molar-refractivity contribution in [2.24, 2.45) is 5.92 Å². The molecule has 3 aromatic heterocycles. The second kappa shape index (κ2) is 11.6. The highest BCUT2D eigenvalue weighted by molar-refractivity contribution is 5.94. The zero-order valence-corrected chi connectivity index (χ0v) is 23.0. The quantitative estimate of drug-likeness (QED) is 0.216. The lowest BCUT2D eigenvalue weighted by molar-refractivity contribution is 0.325. The van der Waals surface area contributed by atoms with Crippen molar-refractivity contribution in [1.29, 1.82) is 0 Å². The number of rotatable bonds is 9. The molecule has 4 heterocycles. The fourth-order valence-electron chi connectivity index (χ4n) is 6.15. The topological polar surface area (TPSA) is 85.5 Å². The standard InChI is InChI=1S/C32H39N7/c1-3-9-29(39-14-7-4-8-15-39)30-22(2)35-32(36-30)31-27-17-25(12-13-28(27)37-38-31)26-16-24(20-34-21-26)19-33-18-23-10-5-6-11-23/h3,9,12-13,16-17,20-21,23,33H,1,4-8,10-11,14-15,18-19H2,2H3,(H,35,36)(H,37,38)/b29-9+. The molecule has 0 atom stereocenters. The number of likely N-dealkylation sites (tertiary alicyclic amines) is 1. The Kier molecular flexibility index (Phi) is 7.59. The summed E-state index contributed by atoms with van der Waals surface area (Å²) < 4.78 is 0. The van der Waals surface area contributed by atoms with Gasteiger partial charge in [-0.2, -0.15) is 5.10 Å². The Bertz CT molecular complexity index is 1460. The Hall–Kier alpha value is -3.71. The largest absolute Gasteiger partial charge is 0.370 e. The molecular formula is C32H39N7. The highest BCUT2D eigenvalue weighted by Crippen LogP contribution is 2.32. The number of H-pyrrole nitrogens is 2. The Morgan fingerprint density at radius 1 is 1.08 bits per heavy atom. The average Bonchev–Trinajstić information content (AvgIpc) is 3.72. The van der Waals surface area contributed by atoms with Crippen molar-refractivity contribution < 1.29 is 0 Å². The smallest absolute Gasteiger partial charge is 0.159 e. The van der Waals surface area contributed by atoms with Crippen LogP contribution in [0.1, 0.15) is 61.9 Å². The van der Waals surface area contributed by atoms with Crippen LogP contribution in [0.5, 0.6) is 0 Å². The van der Waals surface area contributed by atoms with Crippen LogP contribution in [0.3, 0.4) is 0 Å². The van der Waals surface area contributed by atoms with E-state index >= 15 is 0 Å². The molecule has 0 spiro atoms. The van der Waals surface area contributed by atoms with Gasteiger partial charge in [-0.25, -0.2) is 4.98 Å². The van der Waals surface area contributed by atoms with Crippen molar-refractivity contribution in [2.45, 2.75) is 58.4 Å². The number of pyridine rings is 1. The second-order valence-corrected chi connectivity index (χ2v) is 11.1. The number of fused-ring (bicyclic) bond motifs is 1. The van der Waals surface area contributed by atoms with Gasteiger partial charge in [-0.05, 0) is 86.9 Å². The summed E-state index contributed by atoms with van der Waals surface area (Å²) in [5.74, 6) is 1.61. The molecule has 0 unspecified atom stereocenters. The first-order valence-corrected chi connectivity index (χ1v) is 14.5. The van der Waals surface area contributed by atoms with E-state index in [4.69, 9.17) is 4.98 Å². The molecule has 7 heteroatoms. The van der Waals surface area contributed by atoms with Gasteiger partial charge in [0.25, 0.3) is 0 Å². The zero-order chi connectivity index (χ0) is 26.6. The number of imidazole rings is 1. The number of hydrogen-bond acceptors (Lipinski definition) is 5. The first-order chi connectivity index (χ1) is 19.2. The van der Waals surface area contributed by atoms with E-state index in [2.05, 4.69) is 74.2 Å². The van der Waals surface area contributed by atoms with Crippen LogP contribution in [0.4, 0.5) is 0 Å². The van der Waals surface area contributed by atoms with Crippen molar-refractivity contribution in [1.82, 2.24) is 35.4 Å². The number of nitrogens with one attached hydrogen (secondary N) is 3. The van der Waals surface area contributed by atoms with Crippen LogP contribution in [0.25, 0.3) is 39.2 Å². The lowest BCUT2D eigenvalue weighted by Gasteiger charge is -2.30. The van der Waals surface area contributed by atoms with Gasteiger partial charge in [-0.1, -0.05) is 31.6 Å².